The van der Waals surface area contributed by atoms with E-state index in [0.29, 0.717) is 12.8 Å². The van der Waals surface area contributed by atoms with Gasteiger partial charge in [0.2, 0.25) is 5.91 Å². The van der Waals surface area contributed by atoms with Crippen LogP contribution in [0.5, 0.6) is 0 Å². The predicted molar refractivity (Wildman–Crippen MR) is 374 cm³/mol. The van der Waals surface area contributed by atoms with Crippen LogP contribution in [0.2, 0.25) is 0 Å². The molecule has 0 aromatic rings. The van der Waals surface area contributed by atoms with Crippen molar-refractivity contribution >= 4 is 5.91 Å². The molecule has 0 spiro atoms. The molecule has 548 valence electrons. The zero-order valence-corrected chi connectivity index (χ0v) is 58.1. The number of hydrogen-bond acceptors (Lipinski definition) is 18. The SMILES string of the molecule is CC/C=C\C/C=C\C/C=C\C/C=C\C/C=C\CCCCCCCCCCCCCC(=O)NC(COC1OC(CO)C(OC2OC(CO)C(OC3OC(CO)C(O)C(O)C3O)C(O)C2O)C(O)C1O)C(O)/C=C/CC/C=C/CC/C=C/CCCCCCCCCCCCCCC. The molecule has 0 radical (unpaired) electrons. The van der Waals surface area contributed by atoms with Gasteiger partial charge in [0, 0.05) is 6.42 Å². The Morgan fingerprint density at radius 3 is 1.18 bits per heavy atom. The quantitative estimate of drug-likeness (QED) is 0.0199. The fraction of sp³-hybridized carbons (Fsp3) is 0.776. The number of carbonyl (C=O) groups is 1. The Bertz CT molecular complexity index is 2100. The summed E-state index contributed by atoms with van der Waals surface area (Å²) in [7, 11) is 0. The molecule has 0 saturated carbocycles. The summed E-state index contributed by atoms with van der Waals surface area (Å²) in [4.78, 5) is 13.4. The number of hydrogen-bond donors (Lipinski definition) is 12. The van der Waals surface area contributed by atoms with Crippen LogP contribution in [-0.2, 0) is 33.2 Å². The van der Waals surface area contributed by atoms with Crippen molar-refractivity contribution in [1.29, 1.82) is 0 Å². The summed E-state index contributed by atoms with van der Waals surface area (Å²) in [6.07, 6.45) is 48.1. The molecular weight excluding hydrogens is 1210 g/mol. The maximum atomic E-state index is 13.4. The standard InChI is InChI=1S/C76H131NO18/c1-3-5-7-9-11-13-15-17-19-21-23-25-27-28-29-30-32-34-36-38-40-42-44-46-48-50-52-54-64(82)77-59(60(81)53-51-49-47-45-43-41-39-37-35-33-31-26-24-22-20-18-16-14-12-10-8-6-4-2)58-90-74-70(88)67(85)72(62(56-79)92-74)95-76-71(89)68(86)73(63(57-80)93-76)94-75-69(87)66(84)65(83)61(55-78)91-75/h5,7,11,13,17,19,23,25,28-29,35,37,43,45,51,53,59-63,65-76,78-81,83-89H,3-4,6,8-10,12,14-16,18,20-22,24,26-27,30-34,36,38-42,44,46-50,52,54-58H2,1-2H3,(H,77,82)/b7-5-,13-11-,19-17-,25-23-,29-28-,37-35+,45-43+,53-51+. The van der Waals surface area contributed by atoms with Gasteiger partial charge in [-0.15, -0.1) is 0 Å². The van der Waals surface area contributed by atoms with Gasteiger partial charge in [0.05, 0.1) is 38.6 Å². The molecule has 12 N–H and O–H groups in total. The van der Waals surface area contributed by atoms with E-state index in [-0.39, 0.29) is 18.9 Å². The second-order valence-corrected chi connectivity index (χ2v) is 26.0. The molecule has 3 heterocycles. The predicted octanol–water partition coefficient (Wildman–Crippen LogP) is 10.8. The van der Waals surface area contributed by atoms with Crippen LogP contribution >= 0.6 is 0 Å². The first kappa shape index (κ1) is 85.9. The Balaban J connectivity index is 1.43. The number of aliphatic hydroxyl groups is 11. The van der Waals surface area contributed by atoms with Crippen LogP contribution in [0.1, 0.15) is 245 Å². The smallest absolute Gasteiger partial charge is 0.220 e. The molecule has 3 aliphatic heterocycles. The second-order valence-electron chi connectivity index (χ2n) is 26.0. The first-order valence-electron chi connectivity index (χ1n) is 37.0. The molecule has 17 unspecified atom stereocenters. The summed E-state index contributed by atoms with van der Waals surface area (Å²) in [5.41, 5.74) is 0. The van der Waals surface area contributed by atoms with E-state index < -0.39 is 124 Å². The molecule has 3 aliphatic rings. The number of rotatable bonds is 56. The van der Waals surface area contributed by atoms with E-state index in [4.69, 9.17) is 28.4 Å². The van der Waals surface area contributed by atoms with Crippen LogP contribution in [0.25, 0.3) is 0 Å². The van der Waals surface area contributed by atoms with Crippen LogP contribution < -0.4 is 5.32 Å². The lowest BCUT2D eigenvalue weighted by atomic mass is 9.96. The molecule has 19 heteroatoms. The van der Waals surface area contributed by atoms with Gasteiger partial charge in [0.1, 0.15) is 73.2 Å². The minimum Gasteiger partial charge on any atom is -0.394 e. The first-order chi connectivity index (χ1) is 46.3. The minimum atomic E-state index is -1.99. The largest absolute Gasteiger partial charge is 0.394 e. The van der Waals surface area contributed by atoms with Crippen molar-refractivity contribution in [3.05, 3.63) is 97.2 Å². The van der Waals surface area contributed by atoms with Crippen LogP contribution in [0, 0.1) is 0 Å². The number of amides is 1. The number of nitrogens with one attached hydrogen (secondary N) is 1. The van der Waals surface area contributed by atoms with E-state index >= 15 is 0 Å². The van der Waals surface area contributed by atoms with Crippen molar-refractivity contribution < 1.29 is 89.4 Å². The van der Waals surface area contributed by atoms with E-state index in [2.05, 4.69) is 104 Å². The van der Waals surface area contributed by atoms with Crippen molar-refractivity contribution in [2.24, 2.45) is 0 Å². The third-order valence-electron chi connectivity index (χ3n) is 17.8. The minimum absolute atomic E-state index is 0.223. The second kappa shape index (κ2) is 56.5. The molecule has 95 heavy (non-hydrogen) atoms. The van der Waals surface area contributed by atoms with Gasteiger partial charge in [-0.3, -0.25) is 4.79 Å². The van der Waals surface area contributed by atoms with Gasteiger partial charge < -0.3 is 89.9 Å². The lowest BCUT2D eigenvalue weighted by molar-refractivity contribution is -0.379. The van der Waals surface area contributed by atoms with Crippen LogP contribution in [-0.4, -0.2) is 193 Å². The highest BCUT2D eigenvalue weighted by Crippen LogP contribution is 2.33. The molecule has 3 fully saturated rings. The van der Waals surface area contributed by atoms with E-state index in [9.17, 15) is 61.0 Å². The zero-order chi connectivity index (χ0) is 68.9. The van der Waals surface area contributed by atoms with Gasteiger partial charge in [-0.05, 0) is 89.9 Å². The maximum Gasteiger partial charge on any atom is 0.220 e. The average Bonchev–Trinajstić information content (AvgIpc) is 0.787. The highest BCUT2D eigenvalue weighted by molar-refractivity contribution is 5.76. The van der Waals surface area contributed by atoms with Gasteiger partial charge >= 0.3 is 0 Å². The molecule has 19 nitrogen and oxygen atoms in total. The van der Waals surface area contributed by atoms with Crippen molar-refractivity contribution in [3.8, 4) is 0 Å². The van der Waals surface area contributed by atoms with E-state index in [1.54, 1.807) is 6.08 Å². The number of aliphatic hydroxyl groups excluding tert-OH is 11. The highest BCUT2D eigenvalue weighted by atomic mass is 16.8. The molecular formula is C76H131NO18. The number of allylic oxidation sites excluding steroid dienone is 15. The van der Waals surface area contributed by atoms with Crippen LogP contribution in [0.15, 0.2) is 97.2 Å². The zero-order valence-electron chi connectivity index (χ0n) is 58.1. The van der Waals surface area contributed by atoms with Crippen molar-refractivity contribution in [1.82, 2.24) is 5.32 Å². The molecule has 0 bridgehead atoms. The molecule has 3 rings (SSSR count). The normalized spacial score (nSPS) is 27.8. The Labute approximate surface area is 571 Å². The maximum absolute atomic E-state index is 13.4. The van der Waals surface area contributed by atoms with E-state index in [0.717, 1.165) is 89.9 Å². The summed E-state index contributed by atoms with van der Waals surface area (Å²) in [6.45, 7) is 1.60. The Kier molecular flexibility index (Phi) is 51.1. The van der Waals surface area contributed by atoms with Crippen molar-refractivity contribution in [2.45, 2.75) is 349 Å². The number of ether oxygens (including phenoxy) is 6. The molecule has 0 aromatic heterocycles. The van der Waals surface area contributed by atoms with Gasteiger partial charge in [0.15, 0.2) is 18.9 Å². The molecule has 17 atom stereocenters. The lowest BCUT2D eigenvalue weighted by Gasteiger charge is -2.48. The van der Waals surface area contributed by atoms with Gasteiger partial charge in [-0.25, -0.2) is 0 Å². The Hall–Kier alpha value is -3.29. The Morgan fingerprint density at radius 2 is 0.737 bits per heavy atom. The monoisotopic (exact) mass is 1350 g/mol. The molecule has 1 amide bonds. The lowest BCUT2D eigenvalue weighted by Crippen LogP contribution is -2.66. The molecule has 0 aromatic carbocycles. The van der Waals surface area contributed by atoms with E-state index in [1.165, 1.54) is 122 Å². The number of unbranched alkanes of at least 4 members (excludes halogenated alkanes) is 26. The number of carbonyl (C=O) groups excluding carboxylic acids is 1. The van der Waals surface area contributed by atoms with Crippen molar-refractivity contribution in [2.75, 3.05) is 26.4 Å². The van der Waals surface area contributed by atoms with Crippen LogP contribution in [0.4, 0.5) is 0 Å². The fourth-order valence-electron chi connectivity index (χ4n) is 11.9. The third-order valence-corrected chi connectivity index (χ3v) is 17.8. The average molecular weight is 1350 g/mol. The van der Waals surface area contributed by atoms with Gasteiger partial charge in [0.25, 0.3) is 0 Å². The molecule has 3 saturated heterocycles. The summed E-state index contributed by atoms with van der Waals surface area (Å²) < 4.78 is 34.4. The van der Waals surface area contributed by atoms with Gasteiger partial charge in [-0.1, -0.05) is 246 Å². The fourth-order valence-corrected chi connectivity index (χ4v) is 11.9. The van der Waals surface area contributed by atoms with E-state index in [1.807, 2.05) is 6.08 Å². The topological polar surface area (TPSA) is 307 Å². The summed E-state index contributed by atoms with van der Waals surface area (Å²) in [6, 6.07) is -1.01. The van der Waals surface area contributed by atoms with Gasteiger partial charge in [-0.2, -0.15) is 0 Å². The van der Waals surface area contributed by atoms with Crippen LogP contribution in [0.3, 0.4) is 0 Å². The summed E-state index contributed by atoms with van der Waals surface area (Å²) in [5.74, 6) is -0.296. The van der Waals surface area contributed by atoms with Crippen molar-refractivity contribution in [3.63, 3.8) is 0 Å². The molecule has 0 aliphatic carbocycles. The highest BCUT2D eigenvalue weighted by Gasteiger charge is 2.53. The Morgan fingerprint density at radius 1 is 0.389 bits per heavy atom. The first-order valence-corrected chi connectivity index (χ1v) is 37.0. The third kappa shape index (κ3) is 37.6. The summed E-state index contributed by atoms with van der Waals surface area (Å²) >= 11 is 0. The summed E-state index contributed by atoms with van der Waals surface area (Å²) in [5, 5.41) is 121.